The number of nitrogens with zero attached hydrogens (tertiary/aromatic N) is 2. The van der Waals surface area contributed by atoms with Crippen LogP contribution in [0.4, 0.5) is 0 Å². The summed E-state index contributed by atoms with van der Waals surface area (Å²) in [6.45, 7) is 0.895. The summed E-state index contributed by atoms with van der Waals surface area (Å²) in [5, 5.41) is 8.38. The summed E-state index contributed by atoms with van der Waals surface area (Å²) in [7, 11) is 1.88. The van der Waals surface area contributed by atoms with Crippen LogP contribution in [0.25, 0.3) is 0 Å². The lowest BCUT2D eigenvalue weighted by molar-refractivity contribution is -0.127. The van der Waals surface area contributed by atoms with Crippen LogP contribution in [-0.4, -0.2) is 35.9 Å². The Hall–Kier alpha value is -0.690. The van der Waals surface area contributed by atoms with E-state index in [4.69, 9.17) is 5.26 Å². The molecule has 1 fully saturated rings. The SMILES string of the molecule is CN(CC1CCCCC1)C(=O)CSCC#N. The van der Waals surface area contributed by atoms with Gasteiger partial charge in [-0.25, -0.2) is 0 Å². The normalized spacial score (nSPS) is 16.8. The molecule has 1 rings (SSSR count). The second-order valence-corrected chi connectivity index (χ2v) is 5.41. The Morgan fingerprint density at radius 3 is 2.75 bits per heavy atom. The lowest BCUT2D eigenvalue weighted by atomic mass is 9.89. The van der Waals surface area contributed by atoms with Crippen molar-refractivity contribution in [3.8, 4) is 6.07 Å². The number of carbonyl (C=O) groups excluding carboxylic acids is 1. The molecule has 0 spiro atoms. The van der Waals surface area contributed by atoms with E-state index in [0.717, 1.165) is 6.54 Å². The van der Waals surface area contributed by atoms with E-state index >= 15 is 0 Å². The molecule has 1 saturated carbocycles. The molecular weight excluding hydrogens is 220 g/mol. The Morgan fingerprint density at radius 1 is 1.44 bits per heavy atom. The minimum atomic E-state index is 0.158. The maximum absolute atomic E-state index is 11.7. The van der Waals surface area contributed by atoms with Gasteiger partial charge in [0.05, 0.1) is 17.6 Å². The molecule has 0 saturated heterocycles. The molecule has 0 unspecified atom stereocenters. The third-order valence-corrected chi connectivity index (χ3v) is 3.86. The molecule has 4 heteroatoms. The summed E-state index contributed by atoms with van der Waals surface area (Å²) in [6.07, 6.45) is 6.52. The number of hydrogen-bond acceptors (Lipinski definition) is 3. The van der Waals surface area contributed by atoms with Gasteiger partial charge in [0.1, 0.15) is 0 Å². The molecule has 0 aromatic rings. The van der Waals surface area contributed by atoms with Gasteiger partial charge in [-0.3, -0.25) is 4.79 Å². The first-order chi connectivity index (χ1) is 7.74. The maximum Gasteiger partial charge on any atom is 0.232 e. The Kier molecular flexibility index (Phi) is 6.32. The van der Waals surface area contributed by atoms with Gasteiger partial charge in [0.25, 0.3) is 0 Å². The molecule has 3 nitrogen and oxygen atoms in total. The summed E-state index contributed by atoms with van der Waals surface area (Å²) in [6, 6.07) is 2.04. The van der Waals surface area contributed by atoms with Crippen molar-refractivity contribution in [2.75, 3.05) is 25.1 Å². The van der Waals surface area contributed by atoms with Gasteiger partial charge >= 0.3 is 0 Å². The Bertz CT molecular complexity index is 256. The van der Waals surface area contributed by atoms with Gasteiger partial charge in [0.15, 0.2) is 0 Å². The second kappa shape index (κ2) is 7.56. The highest BCUT2D eigenvalue weighted by Gasteiger charge is 2.17. The van der Waals surface area contributed by atoms with Crippen molar-refractivity contribution in [3.63, 3.8) is 0 Å². The molecule has 16 heavy (non-hydrogen) atoms. The van der Waals surface area contributed by atoms with Crippen molar-refractivity contribution < 1.29 is 4.79 Å². The molecule has 0 bridgehead atoms. The monoisotopic (exact) mass is 240 g/mol. The van der Waals surface area contributed by atoms with Crippen molar-refractivity contribution in [3.05, 3.63) is 0 Å². The number of carbonyl (C=O) groups is 1. The first-order valence-corrected chi connectivity index (χ1v) is 7.08. The van der Waals surface area contributed by atoms with Crippen LogP contribution < -0.4 is 0 Å². The average molecular weight is 240 g/mol. The molecule has 90 valence electrons. The predicted octanol–water partition coefficient (Wildman–Crippen LogP) is 2.28. The van der Waals surface area contributed by atoms with E-state index in [-0.39, 0.29) is 5.91 Å². The number of rotatable bonds is 5. The van der Waals surface area contributed by atoms with E-state index in [1.165, 1.54) is 43.9 Å². The van der Waals surface area contributed by atoms with Crippen LogP contribution in [0, 0.1) is 17.2 Å². The smallest absolute Gasteiger partial charge is 0.232 e. The molecule has 1 amide bonds. The standard InChI is InChI=1S/C12H20N2OS/c1-14(12(15)10-16-8-7-13)9-11-5-3-2-4-6-11/h11H,2-6,8-10H2,1H3. The summed E-state index contributed by atoms with van der Waals surface area (Å²) < 4.78 is 0. The molecule has 1 aliphatic carbocycles. The summed E-state index contributed by atoms with van der Waals surface area (Å²) in [4.78, 5) is 13.5. The largest absolute Gasteiger partial charge is 0.345 e. The van der Waals surface area contributed by atoms with Crippen molar-refractivity contribution in [2.24, 2.45) is 5.92 Å². The molecule has 0 heterocycles. The van der Waals surface area contributed by atoms with Crippen molar-refractivity contribution >= 4 is 17.7 Å². The van der Waals surface area contributed by atoms with E-state index in [1.807, 2.05) is 18.0 Å². The fraction of sp³-hybridized carbons (Fsp3) is 0.833. The zero-order valence-electron chi connectivity index (χ0n) is 9.95. The van der Waals surface area contributed by atoms with Crippen molar-refractivity contribution in [1.82, 2.24) is 4.90 Å². The van der Waals surface area contributed by atoms with E-state index in [1.54, 1.807) is 0 Å². The van der Waals surface area contributed by atoms with Gasteiger partial charge in [-0.2, -0.15) is 5.26 Å². The molecular formula is C12H20N2OS. The molecule has 0 aliphatic heterocycles. The van der Waals surface area contributed by atoms with Crippen LogP contribution in [0.2, 0.25) is 0 Å². The van der Waals surface area contributed by atoms with Crippen LogP contribution in [0.15, 0.2) is 0 Å². The van der Waals surface area contributed by atoms with Crippen molar-refractivity contribution in [1.29, 1.82) is 5.26 Å². The highest BCUT2D eigenvalue weighted by molar-refractivity contribution is 8.00. The second-order valence-electron chi connectivity index (χ2n) is 4.43. The summed E-state index contributed by atoms with van der Waals surface area (Å²) >= 11 is 1.40. The first kappa shape index (κ1) is 13.4. The number of nitriles is 1. The highest BCUT2D eigenvalue weighted by Crippen LogP contribution is 2.24. The van der Waals surface area contributed by atoms with Gasteiger partial charge in [0, 0.05) is 13.6 Å². The molecule has 1 aliphatic rings. The highest BCUT2D eigenvalue weighted by atomic mass is 32.2. The van der Waals surface area contributed by atoms with E-state index < -0.39 is 0 Å². The van der Waals surface area contributed by atoms with Gasteiger partial charge in [-0.1, -0.05) is 19.3 Å². The van der Waals surface area contributed by atoms with Crippen LogP contribution in [-0.2, 0) is 4.79 Å². The van der Waals surface area contributed by atoms with Gasteiger partial charge in [0.2, 0.25) is 5.91 Å². The maximum atomic E-state index is 11.7. The lowest BCUT2D eigenvalue weighted by Crippen LogP contribution is -2.33. The average Bonchev–Trinajstić information content (AvgIpc) is 2.30. The fourth-order valence-electron chi connectivity index (χ4n) is 2.15. The first-order valence-electron chi connectivity index (χ1n) is 5.92. The molecule has 0 aromatic carbocycles. The Labute approximate surface area is 102 Å². The van der Waals surface area contributed by atoms with Gasteiger partial charge in [-0.15, -0.1) is 11.8 Å². The van der Waals surface area contributed by atoms with Crippen LogP contribution in [0.5, 0.6) is 0 Å². The third kappa shape index (κ3) is 4.89. The van der Waals surface area contributed by atoms with Crippen LogP contribution >= 0.6 is 11.8 Å². The predicted molar refractivity (Wildman–Crippen MR) is 67.2 cm³/mol. The molecule has 0 atom stereocenters. The third-order valence-electron chi connectivity index (χ3n) is 3.07. The van der Waals surface area contributed by atoms with Crippen LogP contribution in [0.1, 0.15) is 32.1 Å². The topological polar surface area (TPSA) is 44.1 Å². The van der Waals surface area contributed by atoms with Gasteiger partial charge in [-0.05, 0) is 18.8 Å². The minimum absolute atomic E-state index is 0.158. The minimum Gasteiger partial charge on any atom is -0.345 e. The Morgan fingerprint density at radius 2 is 2.12 bits per heavy atom. The fourth-order valence-corrected chi connectivity index (χ4v) is 2.74. The zero-order chi connectivity index (χ0) is 11.8. The lowest BCUT2D eigenvalue weighted by Gasteiger charge is -2.26. The zero-order valence-corrected chi connectivity index (χ0v) is 10.8. The summed E-state index contributed by atoms with van der Waals surface area (Å²) in [5.74, 6) is 1.70. The molecule has 0 N–H and O–H groups in total. The number of amides is 1. The van der Waals surface area contributed by atoms with E-state index in [2.05, 4.69) is 0 Å². The quantitative estimate of drug-likeness (QED) is 0.692. The Balaban J connectivity index is 2.19. The number of thioether (sulfide) groups is 1. The van der Waals surface area contributed by atoms with Gasteiger partial charge < -0.3 is 4.90 Å². The van der Waals surface area contributed by atoms with E-state index in [0.29, 0.717) is 17.4 Å². The summed E-state index contributed by atoms with van der Waals surface area (Å²) in [5.41, 5.74) is 0. The number of hydrogen-bond donors (Lipinski definition) is 0. The molecule has 0 aromatic heterocycles. The molecule has 0 radical (unpaired) electrons. The van der Waals surface area contributed by atoms with E-state index in [9.17, 15) is 4.79 Å². The van der Waals surface area contributed by atoms with Crippen molar-refractivity contribution in [2.45, 2.75) is 32.1 Å². The van der Waals surface area contributed by atoms with Crippen LogP contribution in [0.3, 0.4) is 0 Å².